The Morgan fingerprint density at radius 2 is 1.85 bits per heavy atom. The highest BCUT2D eigenvalue weighted by molar-refractivity contribution is 5.61. The molecular formula is C13H14F3N3O. The van der Waals surface area contributed by atoms with Crippen molar-refractivity contribution in [2.45, 2.75) is 32.7 Å². The largest absolute Gasteiger partial charge is 0.417 e. The van der Waals surface area contributed by atoms with E-state index in [0.29, 0.717) is 0 Å². The molecule has 1 aromatic carbocycles. The number of aromatic nitrogens is 3. The van der Waals surface area contributed by atoms with Gasteiger partial charge in [0.2, 0.25) is 0 Å². The molecule has 0 fully saturated rings. The van der Waals surface area contributed by atoms with E-state index in [1.54, 1.807) is 13.8 Å². The van der Waals surface area contributed by atoms with Crippen LogP contribution < -0.4 is 0 Å². The van der Waals surface area contributed by atoms with Crippen molar-refractivity contribution in [3.63, 3.8) is 0 Å². The molecule has 0 unspecified atom stereocenters. The number of alkyl halides is 3. The average molecular weight is 285 g/mol. The van der Waals surface area contributed by atoms with E-state index in [0.717, 1.165) is 6.07 Å². The maximum absolute atomic E-state index is 13.0. The molecular weight excluding hydrogens is 271 g/mol. The normalized spacial score (nSPS) is 12.2. The highest BCUT2D eigenvalue weighted by atomic mass is 19.4. The maximum atomic E-state index is 13.0. The van der Waals surface area contributed by atoms with Crippen LogP contribution in [0.15, 0.2) is 24.3 Å². The summed E-state index contributed by atoms with van der Waals surface area (Å²) in [5, 5.41) is 16.8. The monoisotopic (exact) mass is 285 g/mol. The first-order valence-electron chi connectivity index (χ1n) is 6.07. The first-order chi connectivity index (χ1) is 9.36. The van der Waals surface area contributed by atoms with Gasteiger partial charge in [-0.15, -0.1) is 10.2 Å². The number of benzene rings is 1. The molecule has 0 atom stereocenters. The van der Waals surface area contributed by atoms with E-state index in [4.69, 9.17) is 0 Å². The Morgan fingerprint density at radius 1 is 1.20 bits per heavy atom. The van der Waals surface area contributed by atoms with Crippen molar-refractivity contribution in [3.05, 3.63) is 35.7 Å². The standard InChI is InChI=1S/C13H14F3N3O/c1-8(2)19-11(7-20)17-18-12(19)9-5-3-4-6-10(9)13(14,15)16/h3-6,8,20H,7H2,1-2H3. The third-order valence-electron chi connectivity index (χ3n) is 2.90. The fourth-order valence-electron chi connectivity index (χ4n) is 2.08. The van der Waals surface area contributed by atoms with Crippen LogP contribution in [0.25, 0.3) is 11.4 Å². The number of aliphatic hydroxyl groups is 1. The summed E-state index contributed by atoms with van der Waals surface area (Å²) in [5.41, 5.74) is -0.806. The molecule has 0 aliphatic carbocycles. The predicted molar refractivity (Wildman–Crippen MR) is 66.8 cm³/mol. The predicted octanol–water partition coefficient (Wildman–Crippen LogP) is 3.04. The molecule has 4 nitrogen and oxygen atoms in total. The van der Waals surface area contributed by atoms with E-state index in [1.807, 2.05) is 0 Å². The van der Waals surface area contributed by atoms with Crippen LogP contribution in [0, 0.1) is 0 Å². The fraction of sp³-hybridized carbons (Fsp3) is 0.385. The Hall–Kier alpha value is -1.89. The summed E-state index contributed by atoms with van der Waals surface area (Å²) >= 11 is 0. The Morgan fingerprint density at radius 3 is 2.40 bits per heavy atom. The highest BCUT2D eigenvalue weighted by Crippen LogP contribution is 2.37. The lowest BCUT2D eigenvalue weighted by molar-refractivity contribution is -0.137. The summed E-state index contributed by atoms with van der Waals surface area (Å²) in [7, 11) is 0. The summed E-state index contributed by atoms with van der Waals surface area (Å²) in [6.07, 6.45) is -4.47. The number of hydrogen-bond donors (Lipinski definition) is 1. The molecule has 0 radical (unpaired) electrons. The van der Waals surface area contributed by atoms with Gasteiger partial charge in [-0.3, -0.25) is 0 Å². The van der Waals surface area contributed by atoms with Crippen molar-refractivity contribution in [2.75, 3.05) is 0 Å². The molecule has 0 aliphatic rings. The lowest BCUT2D eigenvalue weighted by atomic mass is 10.1. The molecule has 1 N–H and O–H groups in total. The molecule has 2 aromatic rings. The first-order valence-corrected chi connectivity index (χ1v) is 6.07. The highest BCUT2D eigenvalue weighted by Gasteiger charge is 2.35. The molecule has 0 spiro atoms. The van der Waals surface area contributed by atoms with E-state index in [-0.39, 0.29) is 29.9 Å². The van der Waals surface area contributed by atoms with Gasteiger partial charge in [-0.05, 0) is 19.9 Å². The molecule has 0 saturated carbocycles. The van der Waals surface area contributed by atoms with Gasteiger partial charge in [0.25, 0.3) is 0 Å². The van der Waals surface area contributed by atoms with Gasteiger partial charge < -0.3 is 9.67 Å². The third-order valence-corrected chi connectivity index (χ3v) is 2.90. The number of nitrogens with zero attached hydrogens (tertiary/aromatic N) is 3. The molecule has 0 bridgehead atoms. The maximum Gasteiger partial charge on any atom is 0.417 e. The van der Waals surface area contributed by atoms with Gasteiger partial charge in [0.1, 0.15) is 6.61 Å². The molecule has 108 valence electrons. The van der Waals surface area contributed by atoms with Crippen molar-refractivity contribution >= 4 is 0 Å². The first kappa shape index (κ1) is 14.5. The summed E-state index contributed by atoms with van der Waals surface area (Å²) in [4.78, 5) is 0. The van der Waals surface area contributed by atoms with Crippen LogP contribution in [0.1, 0.15) is 31.3 Å². The number of hydrogen-bond acceptors (Lipinski definition) is 3. The second kappa shape index (κ2) is 5.24. The van der Waals surface area contributed by atoms with Crippen LogP contribution in [-0.2, 0) is 12.8 Å². The van der Waals surface area contributed by atoms with Crippen molar-refractivity contribution in [2.24, 2.45) is 0 Å². The number of rotatable bonds is 3. The van der Waals surface area contributed by atoms with Crippen LogP contribution in [0.3, 0.4) is 0 Å². The molecule has 0 aliphatic heterocycles. The summed E-state index contributed by atoms with van der Waals surface area (Å²) in [6, 6.07) is 5.04. The Bertz CT molecular complexity index is 605. The molecule has 7 heteroatoms. The zero-order chi connectivity index (χ0) is 14.9. The fourth-order valence-corrected chi connectivity index (χ4v) is 2.08. The Kier molecular flexibility index (Phi) is 3.80. The third kappa shape index (κ3) is 2.53. The zero-order valence-corrected chi connectivity index (χ0v) is 11.0. The van der Waals surface area contributed by atoms with Gasteiger partial charge >= 0.3 is 6.18 Å². The summed E-state index contributed by atoms with van der Waals surface area (Å²) in [5.74, 6) is 0.351. The molecule has 0 amide bonds. The molecule has 1 heterocycles. The van der Waals surface area contributed by atoms with E-state index in [2.05, 4.69) is 10.2 Å². The topological polar surface area (TPSA) is 50.9 Å². The van der Waals surface area contributed by atoms with Crippen molar-refractivity contribution < 1.29 is 18.3 Å². The van der Waals surface area contributed by atoms with Crippen LogP contribution in [0.4, 0.5) is 13.2 Å². The number of aliphatic hydroxyl groups excluding tert-OH is 1. The minimum absolute atomic E-state index is 0.0408. The van der Waals surface area contributed by atoms with E-state index >= 15 is 0 Å². The average Bonchev–Trinajstić information content (AvgIpc) is 2.81. The summed E-state index contributed by atoms with van der Waals surface area (Å²) < 4.78 is 40.7. The van der Waals surface area contributed by atoms with Crippen LogP contribution in [0.2, 0.25) is 0 Å². The Balaban J connectivity index is 2.67. The van der Waals surface area contributed by atoms with Crippen LogP contribution in [0.5, 0.6) is 0 Å². The van der Waals surface area contributed by atoms with E-state index in [1.165, 1.54) is 22.8 Å². The summed E-state index contributed by atoms with van der Waals surface area (Å²) in [6.45, 7) is 3.21. The smallest absolute Gasteiger partial charge is 0.388 e. The molecule has 2 rings (SSSR count). The van der Waals surface area contributed by atoms with E-state index < -0.39 is 11.7 Å². The molecule has 1 aromatic heterocycles. The van der Waals surface area contributed by atoms with Crippen molar-refractivity contribution in [1.82, 2.24) is 14.8 Å². The lowest BCUT2D eigenvalue weighted by Crippen LogP contribution is -2.12. The van der Waals surface area contributed by atoms with Gasteiger partial charge in [-0.2, -0.15) is 13.2 Å². The zero-order valence-electron chi connectivity index (χ0n) is 11.0. The Labute approximate surface area is 113 Å². The van der Waals surface area contributed by atoms with Gasteiger partial charge in [-0.1, -0.05) is 18.2 Å². The van der Waals surface area contributed by atoms with Crippen molar-refractivity contribution in [1.29, 1.82) is 0 Å². The van der Waals surface area contributed by atoms with Crippen LogP contribution >= 0.6 is 0 Å². The number of halogens is 3. The second-order valence-electron chi connectivity index (χ2n) is 4.61. The molecule has 0 saturated heterocycles. The molecule has 20 heavy (non-hydrogen) atoms. The van der Waals surface area contributed by atoms with Gasteiger partial charge in [0, 0.05) is 11.6 Å². The second-order valence-corrected chi connectivity index (χ2v) is 4.61. The van der Waals surface area contributed by atoms with Gasteiger partial charge in [0.15, 0.2) is 11.6 Å². The lowest BCUT2D eigenvalue weighted by Gasteiger charge is -2.16. The SMILES string of the molecule is CC(C)n1c(CO)nnc1-c1ccccc1C(F)(F)F. The van der Waals surface area contributed by atoms with Gasteiger partial charge in [-0.25, -0.2) is 0 Å². The van der Waals surface area contributed by atoms with Gasteiger partial charge in [0.05, 0.1) is 5.56 Å². The minimum Gasteiger partial charge on any atom is -0.388 e. The van der Waals surface area contributed by atoms with Crippen molar-refractivity contribution in [3.8, 4) is 11.4 Å². The minimum atomic E-state index is -4.47. The van der Waals surface area contributed by atoms with E-state index in [9.17, 15) is 18.3 Å². The quantitative estimate of drug-likeness (QED) is 0.943. The van der Waals surface area contributed by atoms with Crippen LogP contribution in [-0.4, -0.2) is 19.9 Å².